The summed E-state index contributed by atoms with van der Waals surface area (Å²) in [5, 5.41) is 2.77. The van der Waals surface area contributed by atoms with Crippen LogP contribution in [0.1, 0.15) is 22.8 Å². The fourth-order valence-corrected chi connectivity index (χ4v) is 2.72. The van der Waals surface area contributed by atoms with Crippen molar-refractivity contribution in [3.63, 3.8) is 0 Å². The first-order valence-corrected chi connectivity index (χ1v) is 8.62. The van der Waals surface area contributed by atoms with Gasteiger partial charge in [0.25, 0.3) is 5.91 Å². The number of rotatable bonds is 9. The number of alkyl halides is 2. The summed E-state index contributed by atoms with van der Waals surface area (Å²) in [5.41, 5.74) is 1.89. The van der Waals surface area contributed by atoms with E-state index < -0.39 is 6.61 Å². The molecule has 2 aromatic carbocycles. The average molecular weight is 393 g/mol. The molecule has 2 aromatic rings. The van der Waals surface area contributed by atoms with Gasteiger partial charge in [-0.25, -0.2) is 0 Å². The van der Waals surface area contributed by atoms with Crippen LogP contribution in [0.25, 0.3) is 0 Å². The van der Waals surface area contributed by atoms with Crippen molar-refractivity contribution in [1.29, 1.82) is 0 Å². The first-order chi connectivity index (χ1) is 13.3. The highest BCUT2D eigenvalue weighted by Crippen LogP contribution is 2.29. The maximum Gasteiger partial charge on any atom is 0.387 e. The van der Waals surface area contributed by atoms with Crippen molar-refractivity contribution in [3.05, 3.63) is 53.6 Å². The van der Waals surface area contributed by atoms with Crippen LogP contribution in [0.5, 0.6) is 11.5 Å². The molecule has 0 heterocycles. The second-order valence-corrected chi connectivity index (χ2v) is 6.36. The Kier molecular flexibility index (Phi) is 7.45. The number of hydrogen-bond donors (Lipinski definition) is 2. The van der Waals surface area contributed by atoms with Gasteiger partial charge in [-0.15, -0.1) is 0 Å². The molecule has 1 unspecified atom stereocenters. The van der Waals surface area contributed by atoms with Crippen LogP contribution in [0, 0.1) is 0 Å². The number of nitrogens with one attached hydrogen (secondary N) is 2. The number of hydrogen-bond acceptors (Lipinski definition) is 4. The summed E-state index contributed by atoms with van der Waals surface area (Å²) < 4.78 is 34.3. The summed E-state index contributed by atoms with van der Waals surface area (Å²) in [6.07, 6.45) is 0. The molecule has 0 fully saturated rings. The fraction of sp³-hybridized carbons (Fsp3) is 0.300. The van der Waals surface area contributed by atoms with Crippen LogP contribution in [0.15, 0.2) is 42.5 Å². The van der Waals surface area contributed by atoms with Crippen molar-refractivity contribution < 1.29 is 32.7 Å². The number of amides is 1. The van der Waals surface area contributed by atoms with Crippen molar-refractivity contribution in [3.8, 4) is 11.5 Å². The van der Waals surface area contributed by atoms with E-state index in [-0.39, 0.29) is 29.7 Å². The first-order valence-electron chi connectivity index (χ1n) is 8.62. The highest BCUT2D eigenvalue weighted by Gasteiger charge is 2.15. The van der Waals surface area contributed by atoms with E-state index in [0.717, 1.165) is 10.5 Å². The Morgan fingerprint density at radius 1 is 1.14 bits per heavy atom. The number of carbonyl (C=O) groups is 2. The minimum absolute atomic E-state index is 0.0398. The molecule has 0 radical (unpaired) electrons. The number of halogens is 2. The number of ether oxygens (including phenoxy) is 2. The van der Waals surface area contributed by atoms with Gasteiger partial charge in [0.05, 0.1) is 14.2 Å². The minimum Gasteiger partial charge on any atom is -0.493 e. The molecular weight excluding hydrogens is 370 g/mol. The molecule has 1 amide bonds. The Morgan fingerprint density at radius 3 is 2.54 bits per heavy atom. The number of benzene rings is 2. The zero-order valence-corrected chi connectivity index (χ0v) is 15.9. The normalized spacial score (nSPS) is 11.8. The van der Waals surface area contributed by atoms with Gasteiger partial charge in [-0.1, -0.05) is 12.1 Å². The van der Waals surface area contributed by atoms with Crippen LogP contribution >= 0.6 is 0 Å². The Balaban J connectivity index is 1.96. The molecule has 0 saturated carbocycles. The average Bonchev–Trinajstić information content (AvgIpc) is 2.62. The molecule has 1 atom stereocenters. The monoisotopic (exact) mass is 393 g/mol. The smallest absolute Gasteiger partial charge is 0.387 e. The lowest BCUT2D eigenvalue weighted by molar-refractivity contribution is -0.885. The predicted molar refractivity (Wildman–Crippen MR) is 100 cm³/mol. The van der Waals surface area contributed by atoms with Crippen LogP contribution in [0.4, 0.5) is 14.5 Å². The number of ketones is 1. The highest BCUT2D eigenvalue weighted by atomic mass is 19.3. The molecular formula is C20H23F2N2O4+. The van der Waals surface area contributed by atoms with Gasteiger partial charge in [-0.3, -0.25) is 9.59 Å². The van der Waals surface area contributed by atoms with Crippen LogP contribution in [-0.4, -0.2) is 39.0 Å². The fourth-order valence-electron chi connectivity index (χ4n) is 2.72. The minimum atomic E-state index is -2.93. The number of methoxy groups -OCH3 is 1. The molecule has 28 heavy (non-hydrogen) atoms. The van der Waals surface area contributed by atoms with Gasteiger partial charge < -0.3 is 19.7 Å². The van der Waals surface area contributed by atoms with E-state index in [1.807, 2.05) is 7.05 Å². The number of quaternary nitrogens is 1. The zero-order valence-electron chi connectivity index (χ0n) is 15.9. The highest BCUT2D eigenvalue weighted by molar-refractivity contribution is 5.97. The van der Waals surface area contributed by atoms with Gasteiger partial charge in [-0.05, 0) is 37.3 Å². The molecule has 0 aliphatic rings. The van der Waals surface area contributed by atoms with Crippen molar-refractivity contribution in [2.45, 2.75) is 20.1 Å². The van der Waals surface area contributed by atoms with Crippen molar-refractivity contribution in [2.24, 2.45) is 0 Å². The largest absolute Gasteiger partial charge is 0.493 e. The second kappa shape index (κ2) is 9.80. The molecule has 0 aromatic heterocycles. The van der Waals surface area contributed by atoms with Crippen LogP contribution in [0.2, 0.25) is 0 Å². The summed E-state index contributed by atoms with van der Waals surface area (Å²) in [6, 6.07) is 11.4. The Morgan fingerprint density at radius 2 is 1.89 bits per heavy atom. The van der Waals surface area contributed by atoms with Crippen molar-refractivity contribution in [2.75, 3.05) is 26.0 Å². The Hall–Kier alpha value is -3.00. The molecule has 2 N–H and O–H groups in total. The molecule has 0 aliphatic heterocycles. The van der Waals surface area contributed by atoms with E-state index in [1.54, 1.807) is 36.4 Å². The molecule has 0 spiro atoms. The summed E-state index contributed by atoms with van der Waals surface area (Å²) in [4.78, 5) is 24.5. The van der Waals surface area contributed by atoms with Gasteiger partial charge in [0.1, 0.15) is 6.54 Å². The molecule has 8 heteroatoms. The predicted octanol–water partition coefficient (Wildman–Crippen LogP) is 2.15. The van der Waals surface area contributed by atoms with Gasteiger partial charge in [0.15, 0.2) is 23.8 Å². The van der Waals surface area contributed by atoms with E-state index >= 15 is 0 Å². The quantitative estimate of drug-likeness (QED) is 0.641. The maximum absolute atomic E-state index is 12.4. The standard InChI is InChI=1S/C20H22F2N2O4/c1-13(25)15-5-4-6-16(10-15)23-19(26)12-24(2)11-14-7-8-17(28-20(21)22)18(9-14)27-3/h4-10,20H,11-12H2,1-3H3,(H,23,26)/p+1. The lowest BCUT2D eigenvalue weighted by Gasteiger charge is -2.16. The summed E-state index contributed by atoms with van der Waals surface area (Å²) in [6.45, 7) is -0.808. The number of likely N-dealkylation sites (N-methyl/N-ethyl adjacent to an activating group) is 1. The zero-order chi connectivity index (χ0) is 20.7. The second-order valence-electron chi connectivity index (χ2n) is 6.36. The third-order valence-corrected chi connectivity index (χ3v) is 3.97. The SMILES string of the molecule is COc1cc(C[NH+](C)CC(=O)Nc2cccc(C(C)=O)c2)ccc1OC(F)F. The van der Waals surface area contributed by atoms with E-state index in [0.29, 0.717) is 17.8 Å². The Bertz CT molecular complexity index is 843. The van der Waals surface area contributed by atoms with Crippen LogP contribution < -0.4 is 19.7 Å². The molecule has 6 nitrogen and oxygen atoms in total. The first kappa shape index (κ1) is 21.3. The lowest BCUT2D eigenvalue weighted by Crippen LogP contribution is -3.08. The maximum atomic E-state index is 12.4. The van der Waals surface area contributed by atoms with Crippen molar-refractivity contribution in [1.82, 2.24) is 0 Å². The van der Waals surface area contributed by atoms with Gasteiger partial charge in [-0.2, -0.15) is 8.78 Å². The number of Topliss-reactive ketones (excluding diaryl/α,β-unsaturated/α-hetero) is 1. The van der Waals surface area contributed by atoms with E-state index in [9.17, 15) is 18.4 Å². The third kappa shape index (κ3) is 6.31. The van der Waals surface area contributed by atoms with E-state index in [2.05, 4.69) is 10.1 Å². The summed E-state index contributed by atoms with van der Waals surface area (Å²) in [7, 11) is 3.21. The van der Waals surface area contributed by atoms with Crippen LogP contribution in [-0.2, 0) is 11.3 Å². The van der Waals surface area contributed by atoms with E-state index in [1.165, 1.54) is 20.1 Å². The van der Waals surface area contributed by atoms with Crippen molar-refractivity contribution >= 4 is 17.4 Å². The Labute approximate surface area is 162 Å². The lowest BCUT2D eigenvalue weighted by atomic mass is 10.1. The van der Waals surface area contributed by atoms with E-state index in [4.69, 9.17) is 4.74 Å². The van der Waals surface area contributed by atoms with Crippen LogP contribution in [0.3, 0.4) is 0 Å². The van der Waals surface area contributed by atoms with Gasteiger partial charge in [0.2, 0.25) is 0 Å². The molecule has 0 saturated heterocycles. The molecule has 0 aliphatic carbocycles. The van der Waals surface area contributed by atoms with Gasteiger partial charge >= 0.3 is 6.61 Å². The summed E-state index contributed by atoms with van der Waals surface area (Å²) >= 11 is 0. The molecule has 0 bridgehead atoms. The molecule has 2 rings (SSSR count). The number of carbonyl (C=O) groups excluding carboxylic acids is 2. The van der Waals surface area contributed by atoms with Gasteiger partial charge in [0, 0.05) is 16.8 Å². The molecule has 150 valence electrons. The topological polar surface area (TPSA) is 69.1 Å². The number of anilines is 1. The summed E-state index contributed by atoms with van der Waals surface area (Å²) in [5.74, 6) is -0.118. The third-order valence-electron chi connectivity index (χ3n) is 3.97.